The molecule has 0 atom stereocenters. The first-order chi connectivity index (χ1) is 14.7. The van der Waals surface area contributed by atoms with Gasteiger partial charge in [0.2, 0.25) is 11.8 Å². The molecular formula is C25H26N2O3. The van der Waals surface area contributed by atoms with Crippen molar-refractivity contribution in [1.82, 2.24) is 10.2 Å². The highest BCUT2D eigenvalue weighted by Crippen LogP contribution is 2.31. The van der Waals surface area contributed by atoms with Gasteiger partial charge in [-0.25, -0.2) is 0 Å². The van der Waals surface area contributed by atoms with Crippen LogP contribution in [0.1, 0.15) is 43.5 Å². The van der Waals surface area contributed by atoms with Gasteiger partial charge in [-0.3, -0.25) is 4.79 Å². The molecule has 30 heavy (non-hydrogen) atoms. The van der Waals surface area contributed by atoms with Gasteiger partial charge in [0.25, 0.3) is 0 Å². The Labute approximate surface area is 177 Å². The van der Waals surface area contributed by atoms with Crippen LogP contribution >= 0.6 is 0 Å². The number of aliphatic carboxylic acids is 1. The average molecular weight is 402 g/mol. The molecule has 1 N–H and O–H groups in total. The normalized spacial score (nSPS) is 13.8. The molecule has 0 bridgehead atoms. The molecule has 1 aliphatic carbocycles. The molecule has 0 radical (unpaired) electrons. The highest BCUT2D eigenvalue weighted by Gasteiger charge is 2.16. The van der Waals surface area contributed by atoms with Crippen LogP contribution in [-0.2, 0) is 4.79 Å². The standard InChI is InChI=1S/C23H22N2O3.C2H4/c1-2-10-18(13-9-16-21(26)27)22-24-25-23(28-22)20-15-8-4-7-14-19(20)17-11-5-3-6-12-17;1-2/h3,5-15H,2,4,16H2,1H3,(H,26,27);1-2H2/b13-9-,18-10+;. The minimum Gasteiger partial charge on any atom is -0.481 e. The number of hydrogen-bond acceptors (Lipinski definition) is 4. The zero-order chi connectivity index (χ0) is 21.8. The van der Waals surface area contributed by atoms with Gasteiger partial charge in [-0.05, 0) is 24.0 Å². The molecule has 0 amide bonds. The predicted molar refractivity (Wildman–Crippen MR) is 121 cm³/mol. The van der Waals surface area contributed by atoms with E-state index in [1.165, 1.54) is 0 Å². The number of benzene rings is 1. The molecule has 154 valence electrons. The molecule has 3 rings (SSSR count). The second kappa shape index (κ2) is 12.0. The van der Waals surface area contributed by atoms with E-state index in [2.05, 4.69) is 41.6 Å². The number of nitrogens with zero attached hydrogens (tertiary/aromatic N) is 2. The summed E-state index contributed by atoms with van der Waals surface area (Å²) >= 11 is 0. The fourth-order valence-corrected chi connectivity index (χ4v) is 2.87. The van der Waals surface area contributed by atoms with E-state index in [1.807, 2.05) is 49.4 Å². The number of carboxylic acid groups (broad SMARTS) is 1. The molecule has 5 heteroatoms. The van der Waals surface area contributed by atoms with Crippen molar-refractivity contribution >= 4 is 22.7 Å². The third kappa shape index (κ3) is 6.14. The van der Waals surface area contributed by atoms with Crippen LogP contribution in [0.5, 0.6) is 0 Å². The van der Waals surface area contributed by atoms with Gasteiger partial charge in [0.15, 0.2) is 0 Å². The first-order valence-electron chi connectivity index (χ1n) is 9.74. The van der Waals surface area contributed by atoms with Crippen LogP contribution in [0.2, 0.25) is 0 Å². The van der Waals surface area contributed by atoms with E-state index >= 15 is 0 Å². The zero-order valence-electron chi connectivity index (χ0n) is 17.1. The topological polar surface area (TPSA) is 76.2 Å². The van der Waals surface area contributed by atoms with Crippen LogP contribution < -0.4 is 0 Å². The maximum atomic E-state index is 10.7. The van der Waals surface area contributed by atoms with E-state index < -0.39 is 5.97 Å². The Kier molecular flexibility index (Phi) is 9.00. The Morgan fingerprint density at radius 1 is 1.13 bits per heavy atom. The van der Waals surface area contributed by atoms with Gasteiger partial charge in [-0.2, -0.15) is 0 Å². The number of rotatable bonds is 7. The smallest absolute Gasteiger partial charge is 0.307 e. The lowest BCUT2D eigenvalue weighted by Crippen LogP contribution is -1.90. The summed E-state index contributed by atoms with van der Waals surface area (Å²) in [5.41, 5.74) is 3.68. The van der Waals surface area contributed by atoms with Crippen molar-refractivity contribution in [1.29, 1.82) is 0 Å². The van der Waals surface area contributed by atoms with Crippen molar-refractivity contribution < 1.29 is 14.3 Å². The lowest BCUT2D eigenvalue weighted by atomic mass is 10.00. The Morgan fingerprint density at radius 3 is 2.50 bits per heavy atom. The Morgan fingerprint density at radius 2 is 1.83 bits per heavy atom. The quantitative estimate of drug-likeness (QED) is 0.446. The SMILES string of the molecule is C=C.CC/C=C(\C=C/CC(=O)O)c1nnc(C2=C(c3ccccc3)C=CCC=C2)o1. The van der Waals surface area contributed by atoms with Gasteiger partial charge in [0.1, 0.15) is 0 Å². The van der Waals surface area contributed by atoms with Crippen LogP contribution in [0.3, 0.4) is 0 Å². The van der Waals surface area contributed by atoms with E-state index in [9.17, 15) is 4.79 Å². The van der Waals surface area contributed by atoms with Gasteiger partial charge in [0, 0.05) is 11.1 Å². The molecular weight excluding hydrogens is 376 g/mol. The van der Waals surface area contributed by atoms with Crippen LogP contribution in [0, 0.1) is 0 Å². The van der Waals surface area contributed by atoms with Crippen LogP contribution in [0.15, 0.2) is 90.4 Å². The number of aromatic nitrogens is 2. The third-order valence-corrected chi connectivity index (χ3v) is 4.13. The van der Waals surface area contributed by atoms with Crippen molar-refractivity contribution in [2.24, 2.45) is 0 Å². The number of allylic oxidation sites excluding steroid dienone is 9. The van der Waals surface area contributed by atoms with Gasteiger partial charge in [-0.15, -0.1) is 23.4 Å². The van der Waals surface area contributed by atoms with Crippen molar-refractivity contribution in [3.05, 3.63) is 103 Å². The molecule has 1 aromatic heterocycles. The lowest BCUT2D eigenvalue weighted by molar-refractivity contribution is -0.136. The molecule has 0 saturated carbocycles. The summed E-state index contributed by atoms with van der Waals surface area (Å²) in [6.45, 7) is 8.00. The highest BCUT2D eigenvalue weighted by molar-refractivity contribution is 5.98. The zero-order valence-corrected chi connectivity index (χ0v) is 17.1. The molecule has 0 fully saturated rings. The maximum Gasteiger partial charge on any atom is 0.307 e. The van der Waals surface area contributed by atoms with Crippen molar-refractivity contribution in [2.75, 3.05) is 0 Å². The van der Waals surface area contributed by atoms with Crippen LogP contribution in [0.25, 0.3) is 16.7 Å². The number of carbonyl (C=O) groups is 1. The predicted octanol–water partition coefficient (Wildman–Crippen LogP) is 6.12. The van der Waals surface area contributed by atoms with Gasteiger partial charge in [-0.1, -0.05) is 79.8 Å². The minimum absolute atomic E-state index is 0.0567. The van der Waals surface area contributed by atoms with E-state index in [-0.39, 0.29) is 6.42 Å². The molecule has 5 nitrogen and oxygen atoms in total. The summed E-state index contributed by atoms with van der Waals surface area (Å²) < 4.78 is 5.97. The summed E-state index contributed by atoms with van der Waals surface area (Å²) in [4.78, 5) is 10.7. The van der Waals surface area contributed by atoms with Gasteiger partial charge >= 0.3 is 5.97 Å². The highest BCUT2D eigenvalue weighted by atomic mass is 16.4. The summed E-state index contributed by atoms with van der Waals surface area (Å²) in [6, 6.07) is 10.1. The van der Waals surface area contributed by atoms with E-state index in [0.29, 0.717) is 11.8 Å². The molecule has 2 aromatic rings. The van der Waals surface area contributed by atoms with Crippen molar-refractivity contribution in [3.8, 4) is 0 Å². The van der Waals surface area contributed by atoms with Crippen molar-refractivity contribution in [3.63, 3.8) is 0 Å². The molecule has 0 unspecified atom stereocenters. The second-order valence-electron chi connectivity index (χ2n) is 6.21. The number of carboxylic acids is 1. The molecule has 1 aromatic carbocycles. The molecule has 1 heterocycles. The summed E-state index contributed by atoms with van der Waals surface area (Å²) in [7, 11) is 0. The fraction of sp³-hybridized carbons (Fsp3) is 0.160. The van der Waals surface area contributed by atoms with Gasteiger partial charge in [0.05, 0.1) is 6.42 Å². The van der Waals surface area contributed by atoms with Crippen LogP contribution in [0.4, 0.5) is 0 Å². The Balaban J connectivity index is 0.00000155. The van der Waals surface area contributed by atoms with Crippen LogP contribution in [-0.4, -0.2) is 21.3 Å². The van der Waals surface area contributed by atoms with E-state index in [1.54, 1.807) is 12.2 Å². The van der Waals surface area contributed by atoms with Gasteiger partial charge < -0.3 is 9.52 Å². The Hall–Kier alpha value is -3.73. The fourth-order valence-electron chi connectivity index (χ4n) is 2.87. The monoisotopic (exact) mass is 402 g/mol. The summed E-state index contributed by atoms with van der Waals surface area (Å²) in [6.07, 6.45) is 15.0. The average Bonchev–Trinajstić information content (AvgIpc) is 3.12. The lowest BCUT2D eigenvalue weighted by Gasteiger charge is -2.06. The number of hydrogen-bond donors (Lipinski definition) is 1. The second-order valence-corrected chi connectivity index (χ2v) is 6.21. The third-order valence-electron chi connectivity index (χ3n) is 4.13. The van der Waals surface area contributed by atoms with E-state index in [0.717, 1.165) is 35.1 Å². The summed E-state index contributed by atoms with van der Waals surface area (Å²) in [5, 5.41) is 17.3. The molecule has 0 saturated heterocycles. The molecule has 0 spiro atoms. The van der Waals surface area contributed by atoms with Crippen molar-refractivity contribution in [2.45, 2.75) is 26.2 Å². The molecule has 0 aliphatic heterocycles. The van der Waals surface area contributed by atoms with E-state index in [4.69, 9.17) is 9.52 Å². The first-order valence-corrected chi connectivity index (χ1v) is 9.74. The minimum atomic E-state index is -0.883. The largest absolute Gasteiger partial charge is 0.481 e. The Bertz CT molecular complexity index is 992. The summed E-state index contributed by atoms with van der Waals surface area (Å²) in [5.74, 6) is -0.0725. The molecule has 1 aliphatic rings. The maximum absolute atomic E-state index is 10.7. The first kappa shape index (κ1) is 22.6.